The molecule has 1 aliphatic carbocycles. The van der Waals surface area contributed by atoms with Gasteiger partial charge in [-0.05, 0) is 69.1 Å². The van der Waals surface area contributed by atoms with E-state index in [0.717, 1.165) is 55.0 Å². The fourth-order valence-electron chi connectivity index (χ4n) is 4.29. The summed E-state index contributed by atoms with van der Waals surface area (Å²) in [6.07, 6.45) is 4.79. The Balaban J connectivity index is 1.33. The van der Waals surface area contributed by atoms with Crippen LogP contribution in [-0.4, -0.2) is 29.0 Å². The van der Waals surface area contributed by atoms with Crippen LogP contribution in [0.5, 0.6) is 0 Å². The van der Waals surface area contributed by atoms with Crippen molar-refractivity contribution in [2.45, 2.75) is 52.0 Å². The number of anilines is 2. The summed E-state index contributed by atoms with van der Waals surface area (Å²) in [6.45, 7) is 3.76. The van der Waals surface area contributed by atoms with Gasteiger partial charge in [-0.3, -0.25) is 4.79 Å². The molecule has 154 valence electrons. The van der Waals surface area contributed by atoms with Gasteiger partial charge in [0.1, 0.15) is 17.6 Å². The van der Waals surface area contributed by atoms with E-state index in [0.29, 0.717) is 17.5 Å². The van der Waals surface area contributed by atoms with Crippen molar-refractivity contribution >= 4 is 17.4 Å². The lowest BCUT2D eigenvalue weighted by Crippen LogP contribution is -2.45. The second-order valence-corrected chi connectivity index (χ2v) is 8.39. The van der Waals surface area contributed by atoms with Crippen LogP contribution in [0.3, 0.4) is 0 Å². The Morgan fingerprint density at radius 2 is 1.93 bits per heavy atom. The lowest BCUT2D eigenvalue weighted by atomic mass is 9.71. The number of aromatic nitrogens is 2. The van der Waals surface area contributed by atoms with E-state index < -0.39 is 11.6 Å². The lowest BCUT2D eigenvalue weighted by molar-refractivity contribution is -0.117. The second-order valence-electron chi connectivity index (χ2n) is 8.39. The number of benzene rings is 1. The van der Waals surface area contributed by atoms with Crippen LogP contribution in [0.1, 0.15) is 43.3 Å². The molecular weight excluding hydrogens is 374 g/mol. The molecular formula is C22H26F2N4O. The van der Waals surface area contributed by atoms with E-state index in [1.165, 1.54) is 12.1 Å². The average molecular weight is 400 g/mol. The SMILES string of the molecule is Cc1nc(CC2CC(CCc3ccc(F)c(F)c3)C2)nc2c1NC(=O)[C@H](C)N2C. The first kappa shape index (κ1) is 19.7. The van der Waals surface area contributed by atoms with Crippen molar-refractivity contribution in [2.24, 2.45) is 11.8 Å². The molecule has 1 amide bonds. The molecule has 1 aromatic carbocycles. The number of nitrogens with one attached hydrogen (secondary N) is 1. The molecule has 0 spiro atoms. The predicted octanol–water partition coefficient (Wildman–Crippen LogP) is 4.04. The maximum absolute atomic E-state index is 13.3. The van der Waals surface area contributed by atoms with Gasteiger partial charge in [-0.25, -0.2) is 18.7 Å². The average Bonchev–Trinajstić information content (AvgIpc) is 2.65. The van der Waals surface area contributed by atoms with Crippen molar-refractivity contribution in [2.75, 3.05) is 17.3 Å². The van der Waals surface area contributed by atoms with Gasteiger partial charge >= 0.3 is 0 Å². The zero-order valence-corrected chi connectivity index (χ0v) is 17.0. The van der Waals surface area contributed by atoms with Gasteiger partial charge in [0.05, 0.1) is 5.69 Å². The molecule has 1 atom stereocenters. The van der Waals surface area contributed by atoms with Gasteiger partial charge in [-0.1, -0.05) is 6.07 Å². The number of fused-ring (bicyclic) bond motifs is 1. The highest BCUT2D eigenvalue weighted by Crippen LogP contribution is 2.39. The molecule has 1 fully saturated rings. The fraction of sp³-hybridized carbons (Fsp3) is 0.500. The zero-order valence-electron chi connectivity index (χ0n) is 17.0. The Hall–Kier alpha value is -2.57. The van der Waals surface area contributed by atoms with E-state index in [2.05, 4.69) is 10.3 Å². The third kappa shape index (κ3) is 3.95. The molecule has 4 rings (SSSR count). The van der Waals surface area contributed by atoms with Crippen LogP contribution in [0, 0.1) is 30.4 Å². The van der Waals surface area contributed by atoms with Crippen molar-refractivity contribution in [1.82, 2.24) is 9.97 Å². The number of rotatable bonds is 5. The molecule has 1 saturated carbocycles. The highest BCUT2D eigenvalue weighted by molar-refractivity contribution is 6.02. The number of hydrogen-bond acceptors (Lipinski definition) is 4. The van der Waals surface area contributed by atoms with E-state index >= 15 is 0 Å². The van der Waals surface area contributed by atoms with Gasteiger partial charge < -0.3 is 10.2 Å². The maximum Gasteiger partial charge on any atom is 0.246 e. The summed E-state index contributed by atoms with van der Waals surface area (Å²) in [4.78, 5) is 23.3. The van der Waals surface area contributed by atoms with Gasteiger partial charge in [-0.2, -0.15) is 0 Å². The van der Waals surface area contributed by atoms with Gasteiger partial charge in [0.15, 0.2) is 17.5 Å². The molecule has 2 aromatic rings. The maximum atomic E-state index is 13.3. The monoisotopic (exact) mass is 400 g/mol. The van der Waals surface area contributed by atoms with Gasteiger partial charge in [0, 0.05) is 13.5 Å². The molecule has 0 unspecified atom stereocenters. The second kappa shape index (κ2) is 7.69. The number of carbonyl (C=O) groups excluding carboxylic acids is 1. The lowest BCUT2D eigenvalue weighted by Gasteiger charge is -2.36. The minimum atomic E-state index is -0.794. The molecule has 1 N–H and O–H groups in total. The number of nitrogens with zero attached hydrogens (tertiary/aromatic N) is 3. The smallest absolute Gasteiger partial charge is 0.246 e. The summed E-state index contributed by atoms with van der Waals surface area (Å²) >= 11 is 0. The standard InChI is InChI=1S/C22H26F2N4O/c1-12-20-21(28(3)13(2)22(29)27-20)26-19(25-12)11-16-8-15(9-16)5-4-14-6-7-17(23)18(24)10-14/h6-7,10,13,15-16H,4-5,8-9,11H2,1-3H3,(H,27,29)/t13-,15?,16?/m0/s1. The van der Waals surface area contributed by atoms with Crippen LogP contribution in [0.25, 0.3) is 0 Å². The number of hydrogen-bond donors (Lipinski definition) is 1. The number of carbonyl (C=O) groups is 1. The minimum Gasteiger partial charge on any atom is -0.346 e. The first-order valence-electron chi connectivity index (χ1n) is 10.2. The molecule has 1 aromatic heterocycles. The number of aryl methyl sites for hydroxylation is 2. The number of likely N-dealkylation sites (N-methyl/N-ethyl adjacent to an activating group) is 1. The van der Waals surface area contributed by atoms with Crippen LogP contribution in [-0.2, 0) is 17.6 Å². The summed E-state index contributed by atoms with van der Waals surface area (Å²) in [5, 5.41) is 2.91. The van der Waals surface area contributed by atoms with E-state index in [-0.39, 0.29) is 11.9 Å². The van der Waals surface area contributed by atoms with Crippen LogP contribution in [0.4, 0.5) is 20.3 Å². The van der Waals surface area contributed by atoms with Crippen molar-refractivity contribution in [1.29, 1.82) is 0 Å². The van der Waals surface area contributed by atoms with Crippen LogP contribution < -0.4 is 10.2 Å². The Bertz CT molecular complexity index is 943. The molecule has 7 heteroatoms. The Labute approximate surface area is 169 Å². The van der Waals surface area contributed by atoms with Crippen molar-refractivity contribution in [3.8, 4) is 0 Å². The molecule has 29 heavy (non-hydrogen) atoms. The summed E-state index contributed by atoms with van der Waals surface area (Å²) in [7, 11) is 1.89. The number of amides is 1. The van der Waals surface area contributed by atoms with Crippen LogP contribution in [0.15, 0.2) is 18.2 Å². The molecule has 1 aliphatic heterocycles. The van der Waals surface area contributed by atoms with Crippen molar-refractivity contribution in [3.05, 3.63) is 46.9 Å². The normalized spacial score (nSPS) is 23.4. The predicted molar refractivity (Wildman–Crippen MR) is 108 cm³/mol. The third-order valence-corrected chi connectivity index (χ3v) is 6.29. The van der Waals surface area contributed by atoms with Crippen molar-refractivity contribution < 1.29 is 13.6 Å². The summed E-state index contributed by atoms with van der Waals surface area (Å²) in [5.41, 5.74) is 2.35. The van der Waals surface area contributed by atoms with Crippen LogP contribution >= 0.6 is 0 Å². The van der Waals surface area contributed by atoms with E-state index in [4.69, 9.17) is 4.98 Å². The van der Waals surface area contributed by atoms with E-state index in [9.17, 15) is 13.6 Å². The highest BCUT2D eigenvalue weighted by atomic mass is 19.2. The zero-order chi connectivity index (χ0) is 20.7. The largest absolute Gasteiger partial charge is 0.346 e. The molecule has 0 bridgehead atoms. The van der Waals surface area contributed by atoms with Crippen LogP contribution in [0.2, 0.25) is 0 Å². The van der Waals surface area contributed by atoms with E-state index in [1.807, 2.05) is 25.8 Å². The molecule has 5 nitrogen and oxygen atoms in total. The van der Waals surface area contributed by atoms with E-state index in [1.54, 1.807) is 6.07 Å². The molecule has 0 saturated heterocycles. The molecule has 2 aliphatic rings. The highest BCUT2D eigenvalue weighted by Gasteiger charge is 2.32. The third-order valence-electron chi connectivity index (χ3n) is 6.29. The van der Waals surface area contributed by atoms with Gasteiger partial charge in [-0.15, -0.1) is 0 Å². The molecule has 0 radical (unpaired) electrons. The minimum absolute atomic E-state index is 0.0395. The summed E-state index contributed by atoms with van der Waals surface area (Å²) in [5.74, 6) is 1.15. The first-order chi connectivity index (χ1) is 13.8. The fourth-order valence-corrected chi connectivity index (χ4v) is 4.29. The summed E-state index contributed by atoms with van der Waals surface area (Å²) in [6, 6.07) is 3.90. The number of halogens is 2. The Morgan fingerprint density at radius 3 is 2.66 bits per heavy atom. The first-order valence-corrected chi connectivity index (χ1v) is 10.2. The summed E-state index contributed by atoms with van der Waals surface area (Å²) < 4.78 is 26.3. The van der Waals surface area contributed by atoms with Gasteiger partial charge in [0.2, 0.25) is 5.91 Å². The molecule has 2 heterocycles. The Morgan fingerprint density at radius 1 is 1.17 bits per heavy atom. The topological polar surface area (TPSA) is 58.1 Å². The van der Waals surface area contributed by atoms with Gasteiger partial charge in [0.25, 0.3) is 0 Å². The Kier molecular flexibility index (Phi) is 5.23. The van der Waals surface area contributed by atoms with Crippen molar-refractivity contribution in [3.63, 3.8) is 0 Å². The quantitative estimate of drug-likeness (QED) is 0.823.